The average molecular weight is 410 g/mol. The zero-order valence-corrected chi connectivity index (χ0v) is 14.0. The van der Waals surface area contributed by atoms with Gasteiger partial charge in [-0.2, -0.15) is 0 Å². The Morgan fingerprint density at radius 3 is 2.32 bits per heavy atom. The molecule has 4 N–H and O–H groups in total. The van der Waals surface area contributed by atoms with Crippen LogP contribution in [0.2, 0.25) is 0 Å². The van der Waals surface area contributed by atoms with Crippen LogP contribution in [-0.2, 0) is 0 Å². The number of phenols is 3. The summed E-state index contributed by atoms with van der Waals surface area (Å²) >= 11 is 2.07. The van der Waals surface area contributed by atoms with E-state index >= 15 is 0 Å². The van der Waals surface area contributed by atoms with Crippen molar-refractivity contribution in [1.29, 1.82) is 0 Å². The maximum atomic E-state index is 10.2. The monoisotopic (exact) mass is 410 g/mol. The van der Waals surface area contributed by atoms with E-state index in [2.05, 4.69) is 29.2 Å². The normalized spacial score (nSPS) is 11.5. The summed E-state index contributed by atoms with van der Waals surface area (Å²) in [6, 6.07) is 7.64. The Morgan fingerprint density at radius 1 is 1.05 bits per heavy atom. The molecular weight excluding hydrogens is 395 g/mol. The number of hydrogen-bond donors (Lipinski definition) is 4. The highest BCUT2D eigenvalue weighted by molar-refractivity contribution is 14.1. The predicted molar refractivity (Wildman–Crippen MR) is 95.0 cm³/mol. The van der Waals surface area contributed by atoms with E-state index in [4.69, 9.17) is 0 Å². The van der Waals surface area contributed by atoms with Crippen molar-refractivity contribution in [3.8, 4) is 17.2 Å². The summed E-state index contributed by atoms with van der Waals surface area (Å²) in [6.45, 7) is 5.64. The number of rotatable bonds is 3. The van der Waals surface area contributed by atoms with Gasteiger partial charge in [0.25, 0.3) is 0 Å². The third-order valence-corrected chi connectivity index (χ3v) is 4.06. The van der Waals surface area contributed by atoms with Gasteiger partial charge in [-0.1, -0.05) is 12.6 Å². The number of benzene rings is 2. The molecule has 2 aromatic rings. The first kappa shape index (κ1) is 16.2. The molecule has 0 atom stereocenters. The Labute approximate surface area is 141 Å². The summed E-state index contributed by atoms with van der Waals surface area (Å²) in [4.78, 5) is 0. The lowest BCUT2D eigenvalue weighted by Gasteiger charge is -2.09. The molecule has 5 heteroatoms. The Balaban J connectivity index is 2.40. The SMILES string of the molecule is C=C(/C(O)=C\c1c(O)cc(C)cc1I)c1ccc(O)c(O)c1. The molecule has 4 nitrogen and oxygen atoms in total. The maximum Gasteiger partial charge on any atom is 0.158 e. The van der Waals surface area contributed by atoms with E-state index in [9.17, 15) is 20.4 Å². The number of aliphatic hydroxyl groups excluding tert-OH is 1. The van der Waals surface area contributed by atoms with Crippen LogP contribution in [0, 0.1) is 10.5 Å². The maximum absolute atomic E-state index is 10.2. The van der Waals surface area contributed by atoms with E-state index in [-0.39, 0.29) is 28.6 Å². The van der Waals surface area contributed by atoms with Crippen molar-refractivity contribution in [2.45, 2.75) is 6.92 Å². The molecule has 2 rings (SSSR count). The van der Waals surface area contributed by atoms with Crippen LogP contribution in [-0.4, -0.2) is 20.4 Å². The number of hydrogen-bond acceptors (Lipinski definition) is 4. The Hall–Kier alpha value is -2.15. The summed E-state index contributed by atoms with van der Waals surface area (Å²) in [5.74, 6) is -0.607. The minimum absolute atomic E-state index is 0.0669. The number of aliphatic hydroxyl groups is 1. The van der Waals surface area contributed by atoms with Crippen molar-refractivity contribution in [3.05, 3.63) is 62.9 Å². The lowest BCUT2D eigenvalue weighted by Crippen LogP contribution is -1.90. The molecule has 0 aliphatic carbocycles. The van der Waals surface area contributed by atoms with Crippen LogP contribution >= 0.6 is 22.6 Å². The second-order valence-corrected chi connectivity index (χ2v) is 6.05. The molecule has 0 fully saturated rings. The number of halogens is 1. The Morgan fingerprint density at radius 2 is 1.73 bits per heavy atom. The van der Waals surface area contributed by atoms with Crippen molar-refractivity contribution in [1.82, 2.24) is 0 Å². The van der Waals surface area contributed by atoms with E-state index in [1.807, 2.05) is 13.0 Å². The molecule has 0 saturated carbocycles. The van der Waals surface area contributed by atoms with Gasteiger partial charge in [0.15, 0.2) is 11.5 Å². The molecule has 22 heavy (non-hydrogen) atoms. The van der Waals surface area contributed by atoms with E-state index in [1.165, 1.54) is 24.3 Å². The van der Waals surface area contributed by atoms with Crippen molar-refractivity contribution >= 4 is 34.2 Å². The number of allylic oxidation sites excluding steroid dienone is 1. The van der Waals surface area contributed by atoms with Gasteiger partial charge in [-0.3, -0.25) is 0 Å². The standard InChI is InChI=1S/C17H15IO4/c1-9-5-13(18)12(16(21)6-9)8-15(20)10(2)11-3-4-14(19)17(22)7-11/h3-8,19-22H,2H2,1H3/b15-8+. The summed E-state index contributed by atoms with van der Waals surface area (Å²) in [5.41, 5.74) is 2.14. The third-order valence-electron chi connectivity index (χ3n) is 3.17. The quantitative estimate of drug-likeness (QED) is 0.263. The smallest absolute Gasteiger partial charge is 0.158 e. The Bertz CT molecular complexity index is 755. The molecule has 2 aromatic carbocycles. The van der Waals surface area contributed by atoms with Gasteiger partial charge in [-0.25, -0.2) is 0 Å². The van der Waals surface area contributed by atoms with Gasteiger partial charge in [0.2, 0.25) is 0 Å². The van der Waals surface area contributed by atoms with Crippen LogP contribution < -0.4 is 0 Å². The number of aromatic hydroxyl groups is 3. The molecule has 0 radical (unpaired) electrons. The lowest BCUT2D eigenvalue weighted by atomic mass is 10.0. The van der Waals surface area contributed by atoms with Crippen molar-refractivity contribution in [2.75, 3.05) is 0 Å². The second kappa shape index (κ2) is 6.31. The summed E-state index contributed by atoms with van der Waals surface area (Å²) in [5, 5.41) is 39.0. The molecule has 0 bridgehead atoms. The van der Waals surface area contributed by atoms with Gasteiger partial charge in [-0.05, 0) is 71.0 Å². The minimum Gasteiger partial charge on any atom is -0.507 e. The van der Waals surface area contributed by atoms with Gasteiger partial charge in [0.05, 0.1) is 0 Å². The van der Waals surface area contributed by atoms with Crippen LogP contribution in [0.25, 0.3) is 11.6 Å². The van der Waals surface area contributed by atoms with Gasteiger partial charge in [0.1, 0.15) is 11.5 Å². The molecule has 0 heterocycles. The third kappa shape index (κ3) is 3.36. The molecule has 0 spiro atoms. The van der Waals surface area contributed by atoms with Crippen LogP contribution in [0.4, 0.5) is 0 Å². The fourth-order valence-electron chi connectivity index (χ4n) is 1.96. The van der Waals surface area contributed by atoms with Gasteiger partial charge < -0.3 is 20.4 Å². The van der Waals surface area contributed by atoms with Gasteiger partial charge in [0, 0.05) is 14.7 Å². The molecule has 114 valence electrons. The molecule has 0 unspecified atom stereocenters. The highest BCUT2D eigenvalue weighted by Gasteiger charge is 2.11. The summed E-state index contributed by atoms with van der Waals surface area (Å²) in [7, 11) is 0. The lowest BCUT2D eigenvalue weighted by molar-refractivity contribution is 0.403. The molecule has 0 amide bonds. The molecule has 0 aliphatic rings. The molecular formula is C17H15IO4. The van der Waals surface area contributed by atoms with E-state index in [1.54, 1.807) is 6.07 Å². The topological polar surface area (TPSA) is 80.9 Å². The first-order valence-corrected chi connectivity index (χ1v) is 7.49. The van der Waals surface area contributed by atoms with E-state index < -0.39 is 0 Å². The predicted octanol–water partition coefficient (Wildman–Crippen LogP) is 4.33. The average Bonchev–Trinajstić information content (AvgIpc) is 2.44. The van der Waals surface area contributed by atoms with Crippen molar-refractivity contribution in [2.24, 2.45) is 0 Å². The van der Waals surface area contributed by atoms with E-state index in [0.29, 0.717) is 11.1 Å². The van der Waals surface area contributed by atoms with Crippen LogP contribution in [0.1, 0.15) is 16.7 Å². The van der Waals surface area contributed by atoms with Crippen LogP contribution in [0.15, 0.2) is 42.7 Å². The van der Waals surface area contributed by atoms with Gasteiger partial charge in [-0.15, -0.1) is 0 Å². The van der Waals surface area contributed by atoms with Gasteiger partial charge >= 0.3 is 0 Å². The minimum atomic E-state index is -0.292. The number of phenolic OH excluding ortho intramolecular Hbond substituents is 3. The number of aryl methyl sites for hydroxylation is 1. The fraction of sp³-hybridized carbons (Fsp3) is 0.0588. The van der Waals surface area contributed by atoms with Crippen molar-refractivity contribution in [3.63, 3.8) is 0 Å². The van der Waals surface area contributed by atoms with Crippen molar-refractivity contribution < 1.29 is 20.4 Å². The first-order valence-electron chi connectivity index (χ1n) is 6.41. The fourth-order valence-corrected chi connectivity index (χ4v) is 2.88. The Kier molecular flexibility index (Phi) is 4.65. The van der Waals surface area contributed by atoms with Crippen LogP contribution in [0.5, 0.6) is 17.2 Å². The largest absolute Gasteiger partial charge is 0.507 e. The highest BCUT2D eigenvalue weighted by Crippen LogP contribution is 2.32. The highest BCUT2D eigenvalue weighted by atomic mass is 127. The summed E-state index contributed by atoms with van der Waals surface area (Å²) in [6.07, 6.45) is 1.42. The summed E-state index contributed by atoms with van der Waals surface area (Å²) < 4.78 is 0.794. The zero-order valence-electron chi connectivity index (χ0n) is 11.8. The second-order valence-electron chi connectivity index (χ2n) is 4.89. The first-order chi connectivity index (χ1) is 10.3. The zero-order chi connectivity index (χ0) is 16.4. The van der Waals surface area contributed by atoms with E-state index in [0.717, 1.165) is 9.13 Å². The molecule has 0 aliphatic heterocycles. The van der Waals surface area contributed by atoms with Crippen LogP contribution in [0.3, 0.4) is 0 Å². The molecule has 0 aromatic heterocycles. The molecule has 0 saturated heterocycles.